The molecule has 0 aliphatic heterocycles. The minimum absolute atomic E-state index is 0.436. The summed E-state index contributed by atoms with van der Waals surface area (Å²) in [6, 6.07) is 5.42. The largest absolute Gasteiger partial charge is 0.479 e. The molecule has 0 radical (unpaired) electrons. The molecule has 0 fully saturated rings. The van der Waals surface area contributed by atoms with Gasteiger partial charge in [0.25, 0.3) is 0 Å². The van der Waals surface area contributed by atoms with E-state index in [2.05, 4.69) is 17.9 Å². The molecule has 1 unspecified atom stereocenters. The number of carboxylic acids is 1. The number of carboxylic acid groups (broad SMARTS) is 1. The fourth-order valence-corrected chi connectivity index (χ4v) is 1.65. The van der Waals surface area contributed by atoms with E-state index in [9.17, 15) is 9.59 Å². The maximum Gasteiger partial charge on any atom is 0.408 e. The summed E-state index contributed by atoms with van der Waals surface area (Å²) in [5, 5.41) is 11.5. The van der Waals surface area contributed by atoms with Crippen LogP contribution in [-0.2, 0) is 9.53 Å². The third-order valence-corrected chi connectivity index (χ3v) is 2.39. The van der Waals surface area contributed by atoms with Gasteiger partial charge < -0.3 is 15.2 Å². The molecule has 1 amide bonds. The van der Waals surface area contributed by atoms with Crippen molar-refractivity contribution in [1.29, 1.82) is 0 Å². The number of benzene rings is 1. The van der Waals surface area contributed by atoms with Crippen molar-refractivity contribution in [3.8, 4) is 0 Å². The standard InChI is InChI=1S/C13H17NO4S/c1-13(2,3)18-12(17)14-10(11(15)16)8-5-4-6-9(19)7-8/h4-7,10,19H,1-3H3,(H,14,17)(H,15,16). The summed E-state index contributed by atoms with van der Waals surface area (Å²) in [6.07, 6.45) is -0.774. The van der Waals surface area contributed by atoms with Crippen LogP contribution in [0.1, 0.15) is 32.4 Å². The predicted molar refractivity (Wildman–Crippen MR) is 73.4 cm³/mol. The summed E-state index contributed by atoms with van der Waals surface area (Å²) >= 11 is 4.14. The number of carbonyl (C=O) groups excluding carboxylic acids is 1. The van der Waals surface area contributed by atoms with Crippen LogP contribution in [0, 0.1) is 0 Å². The number of thiol groups is 1. The average Bonchev–Trinajstić information content (AvgIpc) is 2.23. The molecule has 104 valence electrons. The Bertz CT molecular complexity index is 482. The van der Waals surface area contributed by atoms with Crippen LogP contribution in [0.4, 0.5) is 4.79 Å². The number of alkyl carbamates (subject to hydrolysis) is 1. The van der Waals surface area contributed by atoms with Gasteiger partial charge in [0.15, 0.2) is 6.04 Å². The Labute approximate surface area is 117 Å². The van der Waals surface area contributed by atoms with Crippen LogP contribution in [-0.4, -0.2) is 22.8 Å². The lowest BCUT2D eigenvalue weighted by Gasteiger charge is -2.22. The second-order valence-electron chi connectivity index (χ2n) is 5.01. The van der Waals surface area contributed by atoms with E-state index in [-0.39, 0.29) is 0 Å². The van der Waals surface area contributed by atoms with Gasteiger partial charge in [0.1, 0.15) is 5.60 Å². The highest BCUT2D eigenvalue weighted by Gasteiger charge is 2.25. The van der Waals surface area contributed by atoms with Crippen LogP contribution in [0.3, 0.4) is 0 Å². The molecule has 5 nitrogen and oxygen atoms in total. The summed E-state index contributed by atoms with van der Waals surface area (Å²) in [6.45, 7) is 5.12. The molecule has 0 saturated carbocycles. The molecule has 0 heterocycles. The maximum absolute atomic E-state index is 11.6. The van der Waals surface area contributed by atoms with Crippen LogP contribution in [0.5, 0.6) is 0 Å². The molecule has 0 aliphatic carbocycles. The van der Waals surface area contributed by atoms with Crippen molar-refractivity contribution in [2.45, 2.75) is 37.3 Å². The predicted octanol–water partition coefficient (Wildman–Crippen LogP) is 2.63. The topological polar surface area (TPSA) is 75.6 Å². The van der Waals surface area contributed by atoms with Crippen molar-refractivity contribution in [3.63, 3.8) is 0 Å². The van der Waals surface area contributed by atoms with E-state index >= 15 is 0 Å². The normalized spacial score (nSPS) is 12.6. The highest BCUT2D eigenvalue weighted by molar-refractivity contribution is 7.80. The van der Waals surface area contributed by atoms with Crippen LogP contribution in [0.15, 0.2) is 29.2 Å². The molecule has 0 aliphatic rings. The van der Waals surface area contributed by atoms with Gasteiger partial charge in [-0.3, -0.25) is 0 Å². The van der Waals surface area contributed by atoms with Gasteiger partial charge in [0, 0.05) is 4.90 Å². The maximum atomic E-state index is 11.6. The van der Waals surface area contributed by atoms with Gasteiger partial charge in [-0.25, -0.2) is 9.59 Å². The lowest BCUT2D eigenvalue weighted by molar-refractivity contribution is -0.139. The van der Waals surface area contributed by atoms with Crippen molar-refractivity contribution >= 4 is 24.7 Å². The first-order valence-electron chi connectivity index (χ1n) is 5.70. The zero-order valence-electron chi connectivity index (χ0n) is 11.0. The fraction of sp³-hybridized carbons (Fsp3) is 0.385. The number of aliphatic carboxylic acids is 1. The van der Waals surface area contributed by atoms with Crippen LogP contribution < -0.4 is 5.32 Å². The van der Waals surface area contributed by atoms with Crippen molar-refractivity contribution in [2.24, 2.45) is 0 Å². The van der Waals surface area contributed by atoms with Crippen molar-refractivity contribution in [3.05, 3.63) is 29.8 Å². The van der Waals surface area contributed by atoms with Crippen molar-refractivity contribution < 1.29 is 19.4 Å². The van der Waals surface area contributed by atoms with Crippen LogP contribution >= 0.6 is 12.6 Å². The van der Waals surface area contributed by atoms with Crippen LogP contribution in [0.25, 0.3) is 0 Å². The number of carbonyl (C=O) groups is 2. The molecular formula is C13H17NO4S. The van der Waals surface area contributed by atoms with E-state index < -0.39 is 23.7 Å². The second kappa shape index (κ2) is 5.97. The molecule has 1 aromatic rings. The Morgan fingerprint density at radius 2 is 2.00 bits per heavy atom. The van der Waals surface area contributed by atoms with Gasteiger partial charge in [0.2, 0.25) is 0 Å². The number of hydrogen-bond acceptors (Lipinski definition) is 4. The van der Waals surface area contributed by atoms with Crippen LogP contribution in [0.2, 0.25) is 0 Å². The summed E-state index contributed by atoms with van der Waals surface area (Å²) in [7, 11) is 0. The van der Waals surface area contributed by atoms with Gasteiger partial charge in [-0.05, 0) is 38.5 Å². The number of nitrogens with one attached hydrogen (secondary N) is 1. The molecule has 0 saturated heterocycles. The van der Waals surface area contributed by atoms with E-state index in [4.69, 9.17) is 9.84 Å². The van der Waals surface area contributed by atoms with Crippen molar-refractivity contribution in [2.75, 3.05) is 0 Å². The minimum atomic E-state index is -1.16. The number of amides is 1. The third-order valence-electron chi connectivity index (χ3n) is 2.11. The Hall–Kier alpha value is -1.69. The average molecular weight is 283 g/mol. The molecule has 19 heavy (non-hydrogen) atoms. The molecule has 0 bridgehead atoms. The Morgan fingerprint density at radius 3 is 2.47 bits per heavy atom. The first-order chi connectivity index (χ1) is 8.69. The SMILES string of the molecule is CC(C)(C)OC(=O)NC(C(=O)O)c1cccc(S)c1. The van der Waals surface area contributed by atoms with E-state index in [1.54, 1.807) is 45.0 Å². The van der Waals surface area contributed by atoms with E-state index in [1.807, 2.05) is 0 Å². The second-order valence-corrected chi connectivity index (χ2v) is 5.53. The highest BCUT2D eigenvalue weighted by atomic mass is 32.1. The van der Waals surface area contributed by atoms with Crippen molar-refractivity contribution in [1.82, 2.24) is 5.32 Å². The highest BCUT2D eigenvalue weighted by Crippen LogP contribution is 2.18. The Kier molecular flexibility index (Phi) is 4.83. The fourth-order valence-electron chi connectivity index (χ4n) is 1.42. The first-order valence-corrected chi connectivity index (χ1v) is 6.15. The van der Waals surface area contributed by atoms with Gasteiger partial charge in [-0.2, -0.15) is 0 Å². The summed E-state index contributed by atoms with van der Waals surface area (Å²) in [4.78, 5) is 23.5. The smallest absolute Gasteiger partial charge is 0.408 e. The van der Waals surface area contributed by atoms with E-state index in [0.29, 0.717) is 10.5 Å². The number of rotatable bonds is 3. The molecule has 2 N–H and O–H groups in total. The first kappa shape index (κ1) is 15.4. The number of hydrogen-bond donors (Lipinski definition) is 3. The zero-order valence-corrected chi connectivity index (χ0v) is 11.9. The molecular weight excluding hydrogens is 266 g/mol. The monoisotopic (exact) mass is 283 g/mol. The molecule has 0 aromatic heterocycles. The van der Waals surface area contributed by atoms with Gasteiger partial charge in [-0.15, -0.1) is 12.6 Å². The minimum Gasteiger partial charge on any atom is -0.479 e. The molecule has 6 heteroatoms. The Morgan fingerprint density at radius 1 is 1.37 bits per heavy atom. The lowest BCUT2D eigenvalue weighted by Crippen LogP contribution is -2.38. The Balaban J connectivity index is 2.85. The van der Waals surface area contributed by atoms with E-state index in [1.165, 1.54) is 0 Å². The molecule has 1 aromatic carbocycles. The summed E-state index contributed by atoms with van der Waals surface area (Å²) in [5.74, 6) is -1.16. The third kappa shape index (κ3) is 5.21. The van der Waals surface area contributed by atoms with Gasteiger partial charge in [-0.1, -0.05) is 12.1 Å². The lowest BCUT2D eigenvalue weighted by atomic mass is 10.1. The summed E-state index contributed by atoms with van der Waals surface area (Å²) < 4.78 is 5.04. The van der Waals surface area contributed by atoms with Gasteiger partial charge in [0.05, 0.1) is 0 Å². The molecule has 0 spiro atoms. The van der Waals surface area contributed by atoms with E-state index in [0.717, 1.165) is 0 Å². The quantitative estimate of drug-likeness (QED) is 0.745. The van der Waals surface area contributed by atoms with Gasteiger partial charge >= 0.3 is 12.1 Å². The zero-order chi connectivity index (χ0) is 14.6. The molecule has 1 rings (SSSR count). The molecule has 1 atom stereocenters. The summed E-state index contributed by atoms with van der Waals surface area (Å²) in [5.41, 5.74) is -0.246. The number of ether oxygens (including phenoxy) is 1.